The third-order valence-electron chi connectivity index (χ3n) is 5.54. The fraction of sp³-hybridized carbons (Fsp3) is 0.174. The highest BCUT2D eigenvalue weighted by Gasteiger charge is 2.38. The van der Waals surface area contributed by atoms with E-state index >= 15 is 0 Å². The van der Waals surface area contributed by atoms with Crippen LogP contribution in [0.5, 0.6) is 0 Å². The van der Waals surface area contributed by atoms with Gasteiger partial charge in [0.25, 0.3) is 11.8 Å². The fourth-order valence-electron chi connectivity index (χ4n) is 3.70. The lowest BCUT2D eigenvalue weighted by atomic mass is 9.98. The van der Waals surface area contributed by atoms with E-state index in [1.54, 1.807) is 29.4 Å². The largest absolute Gasteiger partial charge is 0.334 e. The van der Waals surface area contributed by atoms with Gasteiger partial charge in [0.2, 0.25) is 0 Å². The van der Waals surface area contributed by atoms with Crippen molar-refractivity contribution in [3.05, 3.63) is 82.6 Å². The Morgan fingerprint density at radius 3 is 2.72 bits per heavy atom. The first kappa shape index (κ1) is 20.3. The van der Waals surface area contributed by atoms with Crippen molar-refractivity contribution in [3.63, 3.8) is 0 Å². The van der Waals surface area contributed by atoms with Crippen LogP contribution in [0, 0.1) is 12.7 Å². The van der Waals surface area contributed by atoms with Gasteiger partial charge in [0.15, 0.2) is 11.6 Å². The van der Waals surface area contributed by atoms with Gasteiger partial charge in [0, 0.05) is 35.1 Å². The van der Waals surface area contributed by atoms with Crippen LogP contribution in [0.3, 0.4) is 0 Å². The molecule has 1 saturated heterocycles. The minimum atomic E-state index is -0.511. The Hall–Kier alpha value is -3.65. The Kier molecular flexibility index (Phi) is 5.14. The van der Waals surface area contributed by atoms with Crippen molar-refractivity contribution in [1.82, 2.24) is 25.0 Å². The molecule has 1 atom stereocenters. The summed E-state index contributed by atoms with van der Waals surface area (Å²) in [4.78, 5) is 27.8. The monoisotopic (exact) mass is 449 g/mol. The van der Waals surface area contributed by atoms with Crippen LogP contribution in [0.1, 0.15) is 34.2 Å². The van der Waals surface area contributed by atoms with E-state index in [1.807, 2.05) is 19.1 Å². The SMILES string of the molecule is Cc1c(Cl)cccc1-c1nc([C@@H]2CCN2C(=O)c2cc(F)ccc2-c2ncccn2)no1. The maximum absolute atomic E-state index is 14.0. The van der Waals surface area contributed by atoms with Gasteiger partial charge in [-0.3, -0.25) is 4.79 Å². The quantitative estimate of drug-likeness (QED) is 0.441. The first-order chi connectivity index (χ1) is 15.5. The summed E-state index contributed by atoms with van der Waals surface area (Å²) in [5, 5.41) is 4.69. The minimum absolute atomic E-state index is 0.190. The highest BCUT2D eigenvalue weighted by atomic mass is 35.5. The Labute approximate surface area is 187 Å². The van der Waals surface area contributed by atoms with E-state index in [0.29, 0.717) is 41.1 Å². The molecule has 5 rings (SSSR count). The van der Waals surface area contributed by atoms with Crippen LogP contribution in [0.15, 0.2) is 59.4 Å². The predicted octanol–water partition coefficient (Wildman–Crippen LogP) is 4.88. The maximum atomic E-state index is 14.0. The van der Waals surface area contributed by atoms with Gasteiger partial charge in [-0.05, 0) is 55.3 Å². The summed E-state index contributed by atoms with van der Waals surface area (Å²) in [5.74, 6) is 0.236. The topological polar surface area (TPSA) is 85.0 Å². The molecule has 1 amide bonds. The molecule has 160 valence electrons. The van der Waals surface area contributed by atoms with Crippen molar-refractivity contribution in [2.24, 2.45) is 0 Å². The van der Waals surface area contributed by atoms with Gasteiger partial charge >= 0.3 is 0 Å². The first-order valence-corrected chi connectivity index (χ1v) is 10.4. The summed E-state index contributed by atoms with van der Waals surface area (Å²) in [6.45, 7) is 2.37. The Morgan fingerprint density at radius 2 is 1.97 bits per heavy atom. The summed E-state index contributed by atoms with van der Waals surface area (Å²) in [6.07, 6.45) is 3.82. The first-order valence-electron chi connectivity index (χ1n) is 10.00. The highest BCUT2D eigenvalue weighted by Crippen LogP contribution is 2.36. The number of hydrogen-bond donors (Lipinski definition) is 0. The Balaban J connectivity index is 1.45. The molecule has 7 nitrogen and oxygen atoms in total. The van der Waals surface area contributed by atoms with Gasteiger partial charge < -0.3 is 9.42 Å². The normalized spacial score (nSPS) is 15.5. The predicted molar refractivity (Wildman–Crippen MR) is 115 cm³/mol. The third kappa shape index (κ3) is 3.52. The number of likely N-dealkylation sites (tertiary alicyclic amines) is 1. The number of benzene rings is 2. The van der Waals surface area contributed by atoms with Gasteiger partial charge in [-0.25, -0.2) is 14.4 Å². The number of rotatable bonds is 4. The van der Waals surface area contributed by atoms with Crippen molar-refractivity contribution >= 4 is 17.5 Å². The van der Waals surface area contributed by atoms with Gasteiger partial charge in [-0.15, -0.1) is 0 Å². The van der Waals surface area contributed by atoms with E-state index in [4.69, 9.17) is 16.1 Å². The van der Waals surface area contributed by atoms with Gasteiger partial charge in [-0.2, -0.15) is 4.98 Å². The van der Waals surface area contributed by atoms with Crippen LogP contribution in [0.25, 0.3) is 22.8 Å². The molecule has 0 N–H and O–H groups in total. The number of halogens is 2. The van der Waals surface area contributed by atoms with E-state index in [0.717, 1.165) is 11.1 Å². The minimum Gasteiger partial charge on any atom is -0.334 e. The lowest BCUT2D eigenvalue weighted by molar-refractivity contribution is 0.0436. The molecule has 2 aromatic heterocycles. The molecule has 9 heteroatoms. The second-order valence-electron chi connectivity index (χ2n) is 7.44. The molecular formula is C23H17ClFN5O2. The van der Waals surface area contributed by atoms with E-state index in [-0.39, 0.29) is 17.5 Å². The summed E-state index contributed by atoms with van der Waals surface area (Å²) in [6, 6.07) is 10.8. The van der Waals surface area contributed by atoms with Crippen molar-refractivity contribution in [2.45, 2.75) is 19.4 Å². The molecule has 0 bridgehead atoms. The molecule has 3 heterocycles. The van der Waals surface area contributed by atoms with Crippen LogP contribution in [0.2, 0.25) is 5.02 Å². The number of carbonyl (C=O) groups is 1. The van der Waals surface area contributed by atoms with Gasteiger partial charge in [-0.1, -0.05) is 22.8 Å². The van der Waals surface area contributed by atoms with E-state index in [9.17, 15) is 9.18 Å². The summed E-state index contributed by atoms with van der Waals surface area (Å²) < 4.78 is 19.5. The van der Waals surface area contributed by atoms with Crippen LogP contribution >= 0.6 is 11.6 Å². The summed E-state index contributed by atoms with van der Waals surface area (Å²) >= 11 is 6.20. The Morgan fingerprint density at radius 1 is 1.16 bits per heavy atom. The molecule has 0 radical (unpaired) electrons. The standard InChI is InChI=1S/C23H17ClFN5O2/c1-13-15(4-2-5-18(13)24)22-28-21(29-32-22)19-8-11-30(19)23(31)17-12-14(25)6-7-16(17)20-26-9-3-10-27-20/h2-7,9-10,12,19H,8,11H2,1H3/t19-/m0/s1. The zero-order chi connectivity index (χ0) is 22.2. The molecule has 0 aliphatic carbocycles. The molecular weight excluding hydrogens is 433 g/mol. The molecule has 0 spiro atoms. The molecule has 1 aliphatic rings. The molecule has 0 unspecified atom stereocenters. The summed E-state index contributed by atoms with van der Waals surface area (Å²) in [5.41, 5.74) is 2.22. The van der Waals surface area contributed by atoms with E-state index in [1.165, 1.54) is 18.2 Å². The van der Waals surface area contributed by atoms with Gasteiger partial charge in [0.1, 0.15) is 5.82 Å². The average Bonchev–Trinajstić information content (AvgIpc) is 3.24. The molecule has 1 aliphatic heterocycles. The van der Waals surface area contributed by atoms with Crippen molar-refractivity contribution in [1.29, 1.82) is 0 Å². The molecule has 2 aromatic carbocycles. The summed E-state index contributed by atoms with van der Waals surface area (Å²) in [7, 11) is 0. The lowest BCUT2D eigenvalue weighted by Gasteiger charge is -2.39. The zero-order valence-corrected chi connectivity index (χ0v) is 17.8. The van der Waals surface area contributed by atoms with Crippen LogP contribution in [-0.4, -0.2) is 37.5 Å². The van der Waals surface area contributed by atoms with Crippen molar-refractivity contribution in [3.8, 4) is 22.8 Å². The zero-order valence-electron chi connectivity index (χ0n) is 17.0. The third-order valence-corrected chi connectivity index (χ3v) is 5.95. The maximum Gasteiger partial charge on any atom is 0.258 e. The number of amides is 1. The molecule has 4 aromatic rings. The Bertz CT molecular complexity index is 1310. The average molecular weight is 450 g/mol. The number of hydrogen-bond acceptors (Lipinski definition) is 6. The molecule has 0 saturated carbocycles. The van der Waals surface area contributed by atoms with Crippen molar-refractivity contribution < 1.29 is 13.7 Å². The fourth-order valence-corrected chi connectivity index (χ4v) is 3.87. The highest BCUT2D eigenvalue weighted by molar-refractivity contribution is 6.31. The second-order valence-corrected chi connectivity index (χ2v) is 7.84. The smallest absolute Gasteiger partial charge is 0.258 e. The number of nitrogens with zero attached hydrogens (tertiary/aromatic N) is 5. The molecule has 1 fully saturated rings. The lowest BCUT2D eigenvalue weighted by Crippen LogP contribution is -2.45. The van der Waals surface area contributed by atoms with Crippen LogP contribution in [0.4, 0.5) is 4.39 Å². The van der Waals surface area contributed by atoms with Crippen molar-refractivity contribution in [2.75, 3.05) is 6.54 Å². The second kappa shape index (κ2) is 8.12. The van der Waals surface area contributed by atoms with Gasteiger partial charge in [0.05, 0.1) is 11.6 Å². The van der Waals surface area contributed by atoms with E-state index in [2.05, 4.69) is 20.1 Å². The number of aromatic nitrogens is 4. The molecule has 32 heavy (non-hydrogen) atoms. The van der Waals surface area contributed by atoms with Crippen LogP contribution < -0.4 is 0 Å². The number of carbonyl (C=O) groups excluding carboxylic acids is 1. The van der Waals surface area contributed by atoms with Crippen LogP contribution in [-0.2, 0) is 0 Å². The van der Waals surface area contributed by atoms with E-state index < -0.39 is 5.82 Å².